The van der Waals surface area contributed by atoms with E-state index in [9.17, 15) is 14.7 Å². The summed E-state index contributed by atoms with van der Waals surface area (Å²) in [5, 5.41) is 12.5. The van der Waals surface area contributed by atoms with Gasteiger partial charge in [0.15, 0.2) is 0 Å². The Morgan fingerprint density at radius 1 is 1.26 bits per heavy atom. The summed E-state index contributed by atoms with van der Waals surface area (Å²) in [4.78, 5) is 30.0. The standard InChI is InChI=1S/C20H35N3O4/c1-4-18(27-22-14(3)24)13-23(5-2)12-15-6-7-17-11-21-19(20(25)26)9-8-16(17)10-15/h4,15-17,19,21H,5-13H2,1-3H3,(H,22,24)(H,25,26)/b18-4-. The Morgan fingerprint density at radius 3 is 2.63 bits per heavy atom. The lowest BCUT2D eigenvalue weighted by Gasteiger charge is -2.37. The molecule has 2 fully saturated rings. The van der Waals surface area contributed by atoms with E-state index >= 15 is 0 Å². The van der Waals surface area contributed by atoms with E-state index in [1.165, 1.54) is 26.2 Å². The predicted octanol–water partition coefficient (Wildman–Crippen LogP) is 2.15. The highest BCUT2D eigenvalue weighted by atomic mass is 16.7. The maximum absolute atomic E-state index is 11.3. The molecule has 154 valence electrons. The molecule has 0 aromatic rings. The fraction of sp³-hybridized carbons (Fsp3) is 0.800. The van der Waals surface area contributed by atoms with Crippen LogP contribution in [0.1, 0.15) is 52.9 Å². The van der Waals surface area contributed by atoms with Crippen LogP contribution in [-0.2, 0) is 14.4 Å². The monoisotopic (exact) mass is 381 g/mol. The number of amides is 1. The quantitative estimate of drug-likeness (QED) is 0.441. The molecule has 1 saturated heterocycles. The Hall–Kier alpha value is -1.60. The summed E-state index contributed by atoms with van der Waals surface area (Å²) < 4.78 is 0. The first-order valence-corrected chi connectivity index (χ1v) is 10.2. The van der Waals surface area contributed by atoms with Gasteiger partial charge in [0.05, 0.1) is 6.54 Å². The molecule has 2 aliphatic rings. The summed E-state index contributed by atoms with van der Waals surface area (Å²) in [6.45, 7) is 8.93. The summed E-state index contributed by atoms with van der Waals surface area (Å²) in [6, 6.07) is -0.385. The molecular formula is C20H35N3O4. The second-order valence-electron chi connectivity index (χ2n) is 7.92. The lowest BCUT2D eigenvalue weighted by molar-refractivity contribution is -0.139. The molecule has 4 unspecified atom stereocenters. The fourth-order valence-electron chi connectivity index (χ4n) is 4.41. The van der Waals surface area contributed by atoms with Crippen LogP contribution in [0.5, 0.6) is 0 Å². The molecule has 1 aliphatic carbocycles. The maximum Gasteiger partial charge on any atom is 0.320 e. The molecule has 0 bridgehead atoms. The summed E-state index contributed by atoms with van der Waals surface area (Å²) in [5.74, 6) is 1.68. The molecule has 0 aromatic heterocycles. The number of rotatable bonds is 8. The molecular weight excluding hydrogens is 346 g/mol. The average Bonchev–Trinajstić information content (AvgIpc) is 2.86. The molecule has 1 amide bonds. The number of carboxylic acid groups (broad SMARTS) is 1. The summed E-state index contributed by atoms with van der Waals surface area (Å²) in [5.41, 5.74) is 2.40. The van der Waals surface area contributed by atoms with Gasteiger partial charge in [0.2, 0.25) is 5.91 Å². The zero-order chi connectivity index (χ0) is 19.8. The summed E-state index contributed by atoms with van der Waals surface area (Å²) >= 11 is 0. The fourth-order valence-corrected chi connectivity index (χ4v) is 4.41. The summed E-state index contributed by atoms with van der Waals surface area (Å²) in [7, 11) is 0. The molecule has 2 rings (SSSR count). The molecule has 7 heteroatoms. The van der Waals surface area contributed by atoms with Crippen molar-refractivity contribution in [3.05, 3.63) is 11.8 Å². The van der Waals surface area contributed by atoms with E-state index in [-0.39, 0.29) is 11.9 Å². The maximum atomic E-state index is 11.3. The van der Waals surface area contributed by atoms with E-state index in [4.69, 9.17) is 4.84 Å². The van der Waals surface area contributed by atoms with Crippen molar-refractivity contribution < 1.29 is 19.5 Å². The normalized spacial score (nSPS) is 29.0. The largest absolute Gasteiger partial charge is 0.480 e. The van der Waals surface area contributed by atoms with Gasteiger partial charge in [-0.05, 0) is 75.9 Å². The zero-order valence-electron chi connectivity index (χ0n) is 16.9. The van der Waals surface area contributed by atoms with Crippen LogP contribution in [-0.4, -0.2) is 54.1 Å². The molecule has 0 aromatic carbocycles. The zero-order valence-corrected chi connectivity index (χ0v) is 16.9. The third-order valence-electron chi connectivity index (χ3n) is 5.99. The number of fused-ring (bicyclic) bond motifs is 1. The lowest BCUT2D eigenvalue weighted by Crippen LogP contribution is -2.39. The number of carboxylic acids is 1. The minimum atomic E-state index is -0.722. The highest BCUT2D eigenvalue weighted by Gasteiger charge is 2.35. The first kappa shape index (κ1) is 21.7. The third-order valence-corrected chi connectivity index (χ3v) is 5.99. The number of carbonyl (C=O) groups excluding carboxylic acids is 1. The smallest absolute Gasteiger partial charge is 0.320 e. The van der Waals surface area contributed by atoms with Crippen molar-refractivity contribution in [2.75, 3.05) is 26.2 Å². The van der Waals surface area contributed by atoms with Crippen LogP contribution >= 0.6 is 0 Å². The SMILES string of the molecule is C/C=C(/CN(CC)CC1CCC2CNC(C(=O)O)CCC2C1)ONC(C)=O. The Labute approximate surface area is 162 Å². The Morgan fingerprint density at radius 2 is 2.00 bits per heavy atom. The van der Waals surface area contributed by atoms with Crippen LogP contribution < -0.4 is 10.8 Å². The van der Waals surface area contributed by atoms with Crippen LogP contribution in [0.4, 0.5) is 0 Å². The van der Waals surface area contributed by atoms with Crippen LogP contribution in [0.3, 0.4) is 0 Å². The second-order valence-corrected chi connectivity index (χ2v) is 7.92. The van der Waals surface area contributed by atoms with Gasteiger partial charge >= 0.3 is 5.97 Å². The average molecular weight is 382 g/mol. The van der Waals surface area contributed by atoms with Crippen molar-refractivity contribution in [2.24, 2.45) is 17.8 Å². The van der Waals surface area contributed by atoms with Gasteiger partial charge < -0.3 is 15.3 Å². The van der Waals surface area contributed by atoms with Gasteiger partial charge in [-0.2, -0.15) is 5.48 Å². The second kappa shape index (κ2) is 10.7. The van der Waals surface area contributed by atoms with Gasteiger partial charge in [0.1, 0.15) is 11.8 Å². The molecule has 27 heavy (non-hydrogen) atoms. The number of likely N-dealkylation sites (N-methyl/N-ethyl adjacent to an activating group) is 1. The molecule has 7 nitrogen and oxygen atoms in total. The number of hydroxylamine groups is 1. The number of allylic oxidation sites excluding steroid dienone is 1. The topological polar surface area (TPSA) is 90.9 Å². The molecule has 0 spiro atoms. The molecule has 4 atom stereocenters. The van der Waals surface area contributed by atoms with Gasteiger partial charge in [0, 0.05) is 13.5 Å². The van der Waals surface area contributed by atoms with Crippen molar-refractivity contribution in [3.63, 3.8) is 0 Å². The first-order chi connectivity index (χ1) is 12.9. The van der Waals surface area contributed by atoms with Gasteiger partial charge in [-0.25, -0.2) is 0 Å². The number of aliphatic carboxylic acids is 1. The minimum Gasteiger partial charge on any atom is -0.480 e. The van der Waals surface area contributed by atoms with Crippen molar-refractivity contribution in [1.82, 2.24) is 15.7 Å². The van der Waals surface area contributed by atoms with Crippen LogP contribution in [0.2, 0.25) is 0 Å². The van der Waals surface area contributed by atoms with E-state index in [0.717, 1.165) is 38.2 Å². The van der Waals surface area contributed by atoms with Crippen LogP contribution in [0.25, 0.3) is 0 Å². The summed E-state index contributed by atoms with van der Waals surface area (Å²) in [6.07, 6.45) is 7.16. The Balaban J connectivity index is 1.85. The number of hydrogen-bond acceptors (Lipinski definition) is 5. The van der Waals surface area contributed by atoms with Gasteiger partial charge in [-0.15, -0.1) is 0 Å². The van der Waals surface area contributed by atoms with Crippen LogP contribution in [0, 0.1) is 17.8 Å². The van der Waals surface area contributed by atoms with Gasteiger partial charge in [-0.1, -0.05) is 6.92 Å². The Kier molecular flexibility index (Phi) is 8.57. The van der Waals surface area contributed by atoms with Crippen molar-refractivity contribution >= 4 is 11.9 Å². The van der Waals surface area contributed by atoms with Gasteiger partial charge in [0.25, 0.3) is 0 Å². The van der Waals surface area contributed by atoms with Gasteiger partial charge in [-0.3, -0.25) is 14.5 Å². The molecule has 1 aliphatic heterocycles. The van der Waals surface area contributed by atoms with E-state index in [0.29, 0.717) is 24.3 Å². The third kappa shape index (κ3) is 6.81. The van der Waals surface area contributed by atoms with E-state index in [1.54, 1.807) is 0 Å². The number of nitrogens with one attached hydrogen (secondary N) is 2. The van der Waals surface area contributed by atoms with E-state index in [1.807, 2.05) is 13.0 Å². The number of carbonyl (C=O) groups is 2. The van der Waals surface area contributed by atoms with Crippen molar-refractivity contribution in [2.45, 2.75) is 58.9 Å². The predicted molar refractivity (Wildman–Crippen MR) is 104 cm³/mol. The van der Waals surface area contributed by atoms with E-state index in [2.05, 4.69) is 22.6 Å². The highest BCUT2D eigenvalue weighted by molar-refractivity contribution is 5.73. The first-order valence-electron chi connectivity index (χ1n) is 10.2. The molecule has 3 N–H and O–H groups in total. The van der Waals surface area contributed by atoms with Crippen LogP contribution in [0.15, 0.2) is 11.8 Å². The molecule has 1 saturated carbocycles. The molecule has 0 radical (unpaired) electrons. The highest BCUT2D eigenvalue weighted by Crippen LogP contribution is 2.38. The van der Waals surface area contributed by atoms with Crippen molar-refractivity contribution in [3.8, 4) is 0 Å². The number of nitrogens with zero attached hydrogens (tertiary/aromatic N) is 1. The molecule has 1 heterocycles. The van der Waals surface area contributed by atoms with E-state index < -0.39 is 5.97 Å². The lowest BCUT2D eigenvalue weighted by atomic mass is 9.72. The van der Waals surface area contributed by atoms with Crippen molar-refractivity contribution in [1.29, 1.82) is 0 Å². The Bertz CT molecular complexity index is 537. The minimum absolute atomic E-state index is 0.211. The number of hydrogen-bond donors (Lipinski definition) is 3.